The van der Waals surface area contributed by atoms with Gasteiger partial charge >= 0.3 is 6.03 Å². The van der Waals surface area contributed by atoms with Crippen LogP contribution < -0.4 is 16.0 Å². The van der Waals surface area contributed by atoms with Gasteiger partial charge in [0, 0.05) is 28.5 Å². The first-order valence-electron chi connectivity index (χ1n) is 14.3. The average Bonchev–Trinajstić information content (AvgIpc) is 3.89. The summed E-state index contributed by atoms with van der Waals surface area (Å²) in [6.07, 6.45) is 4.31. The van der Waals surface area contributed by atoms with Crippen molar-refractivity contribution in [3.8, 4) is 11.8 Å². The highest BCUT2D eigenvalue weighted by Gasteiger charge is 2.47. The number of imide groups is 1. The molecule has 2 saturated carbocycles. The molecule has 43 heavy (non-hydrogen) atoms. The number of anilines is 1. The summed E-state index contributed by atoms with van der Waals surface area (Å²) in [6.45, 7) is 1.79. The quantitative estimate of drug-likeness (QED) is 0.272. The van der Waals surface area contributed by atoms with Crippen molar-refractivity contribution in [1.82, 2.24) is 20.5 Å². The maximum absolute atomic E-state index is 15.7. The Balaban J connectivity index is 1.12. The third kappa shape index (κ3) is 5.12. The number of fused-ring (bicyclic) bond motifs is 2. The number of hydrogen-bond acceptors (Lipinski definition) is 6. The zero-order chi connectivity index (χ0) is 30.0. The van der Waals surface area contributed by atoms with Crippen LogP contribution in [0.15, 0.2) is 24.3 Å². The highest BCUT2D eigenvalue weighted by molar-refractivity contribution is 7.18. The fraction of sp³-hybridized carbons (Fsp3) is 0.387. The molecule has 4 aliphatic rings. The highest BCUT2D eigenvalue weighted by atomic mass is 35.5. The Labute approximate surface area is 255 Å². The average molecular weight is 620 g/mol. The maximum atomic E-state index is 15.7. The Hall–Kier alpha value is -4.01. The number of piperidine rings is 1. The lowest BCUT2D eigenvalue weighted by atomic mass is 9.96. The van der Waals surface area contributed by atoms with Crippen LogP contribution in [0.3, 0.4) is 0 Å². The van der Waals surface area contributed by atoms with E-state index >= 15 is 4.39 Å². The molecule has 2 aromatic carbocycles. The minimum Gasteiger partial charge on any atom is -0.326 e. The van der Waals surface area contributed by atoms with Crippen LogP contribution in [0.2, 0.25) is 5.02 Å². The van der Waals surface area contributed by atoms with Crippen LogP contribution in [0.5, 0.6) is 0 Å². The molecule has 0 bridgehead atoms. The second-order valence-electron chi connectivity index (χ2n) is 11.8. The van der Waals surface area contributed by atoms with E-state index in [-0.39, 0.29) is 42.1 Å². The van der Waals surface area contributed by atoms with E-state index in [4.69, 9.17) is 16.6 Å². The van der Waals surface area contributed by atoms with E-state index in [1.54, 1.807) is 0 Å². The summed E-state index contributed by atoms with van der Waals surface area (Å²) in [5.41, 5.74) is 0.848. The minimum atomic E-state index is -0.861. The Morgan fingerprint density at radius 2 is 1.98 bits per heavy atom. The summed E-state index contributed by atoms with van der Waals surface area (Å²) >= 11 is 7.85. The molecule has 12 heteroatoms. The van der Waals surface area contributed by atoms with Gasteiger partial charge in [-0.25, -0.2) is 14.2 Å². The molecule has 0 radical (unpaired) electrons. The zero-order valence-corrected chi connectivity index (χ0v) is 24.8. The maximum Gasteiger partial charge on any atom is 0.320 e. The molecule has 2 aliphatic carbocycles. The normalized spacial score (nSPS) is 21.1. The fourth-order valence-electron chi connectivity index (χ4n) is 5.80. The molecule has 220 valence electrons. The minimum absolute atomic E-state index is 0.0824. The molecule has 1 aromatic heterocycles. The largest absolute Gasteiger partial charge is 0.326 e. The summed E-state index contributed by atoms with van der Waals surface area (Å²) in [5, 5.41) is 9.20. The van der Waals surface area contributed by atoms with E-state index in [1.807, 2.05) is 19.1 Å². The first-order chi connectivity index (χ1) is 20.6. The van der Waals surface area contributed by atoms with Crippen LogP contribution >= 0.6 is 22.9 Å². The SMILES string of the molecule is C[C@](NC(=O)Nc1ccc2c(c1F)CN(C1CCC(=O)NC1=O)C2=O)(c1nc2c(C#CC3CC3)cc(Cl)cc2s1)C1CC1. The number of carbonyl (C=O) groups excluding carboxylic acids is 4. The van der Waals surface area contributed by atoms with E-state index < -0.39 is 41.2 Å². The number of urea groups is 1. The van der Waals surface area contributed by atoms with Gasteiger partial charge in [0.05, 0.1) is 33.6 Å². The van der Waals surface area contributed by atoms with Crippen LogP contribution in [-0.4, -0.2) is 39.7 Å². The third-order valence-electron chi connectivity index (χ3n) is 8.56. The number of nitrogens with zero attached hydrogens (tertiary/aromatic N) is 2. The molecular formula is C31H27ClFN5O4S. The monoisotopic (exact) mass is 619 g/mol. The highest BCUT2D eigenvalue weighted by Crippen LogP contribution is 2.48. The Morgan fingerprint density at radius 3 is 2.70 bits per heavy atom. The molecule has 9 nitrogen and oxygen atoms in total. The lowest BCUT2D eigenvalue weighted by Crippen LogP contribution is -2.52. The molecule has 1 unspecified atom stereocenters. The van der Waals surface area contributed by atoms with Gasteiger partial charge in [0.15, 0.2) is 5.82 Å². The van der Waals surface area contributed by atoms with Gasteiger partial charge in [-0.15, -0.1) is 11.3 Å². The van der Waals surface area contributed by atoms with Crippen molar-refractivity contribution in [3.05, 3.63) is 56.8 Å². The van der Waals surface area contributed by atoms with Crippen molar-refractivity contribution in [3.63, 3.8) is 0 Å². The lowest BCUT2D eigenvalue weighted by molar-refractivity contribution is -0.136. The topological polar surface area (TPSA) is 120 Å². The van der Waals surface area contributed by atoms with Crippen LogP contribution in [0.4, 0.5) is 14.9 Å². The molecule has 3 aromatic rings. The number of halogens is 2. The summed E-state index contributed by atoms with van der Waals surface area (Å²) in [5.74, 6) is 4.88. The number of thiazole rings is 1. The Morgan fingerprint density at radius 1 is 1.19 bits per heavy atom. The molecule has 3 N–H and O–H groups in total. The molecule has 5 amide bonds. The van der Waals surface area contributed by atoms with E-state index in [0.29, 0.717) is 10.9 Å². The van der Waals surface area contributed by atoms with Crippen molar-refractivity contribution in [2.75, 3.05) is 5.32 Å². The number of carbonyl (C=O) groups is 4. The zero-order valence-electron chi connectivity index (χ0n) is 23.2. The van der Waals surface area contributed by atoms with Gasteiger partial charge in [-0.3, -0.25) is 19.7 Å². The van der Waals surface area contributed by atoms with E-state index in [9.17, 15) is 19.2 Å². The van der Waals surface area contributed by atoms with Gasteiger partial charge in [-0.1, -0.05) is 23.4 Å². The number of rotatable bonds is 5. The van der Waals surface area contributed by atoms with Gasteiger partial charge in [0.25, 0.3) is 5.91 Å². The van der Waals surface area contributed by atoms with Crippen molar-refractivity contribution in [1.29, 1.82) is 0 Å². The second kappa shape index (κ2) is 10.3. The molecule has 2 atom stereocenters. The molecule has 3 fully saturated rings. The number of hydrogen-bond donors (Lipinski definition) is 3. The smallest absolute Gasteiger partial charge is 0.320 e. The first kappa shape index (κ1) is 27.8. The van der Waals surface area contributed by atoms with Gasteiger partial charge in [0.1, 0.15) is 11.0 Å². The number of amides is 5. The molecule has 2 aliphatic heterocycles. The summed E-state index contributed by atoms with van der Waals surface area (Å²) < 4.78 is 16.6. The standard InChI is InChI=1S/C31H27ClFN5O4S/c1-31(17-6-7-17,29-36-26-16(5-4-15-2-3-15)12-18(32)13-23(26)43-29)37-30(42)34-21-9-8-19-20(25(21)33)14-38(28(19)41)22-10-11-24(39)35-27(22)40/h8-9,12-13,15,17,22H,2-3,6-7,10-11,14H2,1H3,(H2,34,37,42)(H,35,39,40)/t22?,31-/m1/s1. The van der Waals surface area contributed by atoms with Gasteiger partial charge < -0.3 is 15.5 Å². The third-order valence-corrected chi connectivity index (χ3v) is 10.0. The lowest BCUT2D eigenvalue weighted by Gasteiger charge is -2.29. The summed E-state index contributed by atoms with van der Waals surface area (Å²) in [4.78, 5) is 56.4. The Bertz CT molecular complexity index is 1810. The summed E-state index contributed by atoms with van der Waals surface area (Å²) in [6, 6.07) is 5.00. The first-order valence-corrected chi connectivity index (χ1v) is 15.5. The molecule has 7 rings (SSSR count). The summed E-state index contributed by atoms with van der Waals surface area (Å²) in [7, 11) is 0. The van der Waals surface area contributed by atoms with Crippen LogP contribution in [0, 0.1) is 29.5 Å². The van der Waals surface area contributed by atoms with Gasteiger partial charge in [-0.05, 0) is 69.2 Å². The van der Waals surface area contributed by atoms with Crippen LogP contribution in [0.1, 0.15) is 71.9 Å². The second-order valence-corrected chi connectivity index (χ2v) is 13.2. The predicted octanol–water partition coefficient (Wildman–Crippen LogP) is 5.06. The number of aromatic nitrogens is 1. The van der Waals surface area contributed by atoms with Crippen LogP contribution in [-0.2, 0) is 21.7 Å². The van der Waals surface area contributed by atoms with Crippen molar-refractivity contribution < 1.29 is 23.6 Å². The number of benzene rings is 2. The fourth-order valence-corrected chi connectivity index (χ4v) is 7.30. The van der Waals surface area contributed by atoms with E-state index in [1.165, 1.54) is 28.4 Å². The van der Waals surface area contributed by atoms with Crippen LogP contribution in [0.25, 0.3) is 10.2 Å². The van der Waals surface area contributed by atoms with Crippen molar-refractivity contribution in [2.45, 2.75) is 63.6 Å². The predicted molar refractivity (Wildman–Crippen MR) is 159 cm³/mol. The van der Waals surface area contributed by atoms with Gasteiger partial charge in [-0.2, -0.15) is 0 Å². The van der Waals surface area contributed by atoms with Gasteiger partial charge in [0.2, 0.25) is 11.8 Å². The molecular weight excluding hydrogens is 593 g/mol. The van der Waals surface area contributed by atoms with Crippen molar-refractivity contribution in [2.24, 2.45) is 11.8 Å². The van der Waals surface area contributed by atoms with E-state index in [2.05, 4.69) is 27.8 Å². The number of nitrogens with one attached hydrogen (secondary N) is 3. The molecule has 0 spiro atoms. The molecule has 3 heterocycles. The van der Waals surface area contributed by atoms with E-state index in [0.717, 1.165) is 46.5 Å². The molecule has 1 saturated heterocycles. The van der Waals surface area contributed by atoms with Crippen molar-refractivity contribution >= 4 is 62.6 Å². The Kier molecular flexibility index (Phi) is 6.67.